The second kappa shape index (κ2) is 5.45. The first kappa shape index (κ1) is 14.0. The van der Waals surface area contributed by atoms with Crippen LogP contribution in [0, 0.1) is 6.92 Å². The van der Waals surface area contributed by atoms with Crippen molar-refractivity contribution >= 4 is 0 Å². The van der Waals surface area contributed by atoms with Crippen LogP contribution in [-0.4, -0.2) is 45.4 Å². The Kier molecular flexibility index (Phi) is 3.82. The summed E-state index contributed by atoms with van der Waals surface area (Å²) >= 11 is 0. The molecular weight excluding hydrogens is 254 g/mol. The highest BCUT2D eigenvalue weighted by Gasteiger charge is 2.39. The Morgan fingerprint density at radius 1 is 1.25 bits per heavy atom. The predicted molar refractivity (Wildman–Crippen MR) is 75.5 cm³/mol. The Labute approximate surface area is 120 Å². The highest BCUT2D eigenvalue weighted by molar-refractivity contribution is 5.06. The summed E-state index contributed by atoms with van der Waals surface area (Å²) in [5.74, 6) is 1.49. The zero-order valence-corrected chi connectivity index (χ0v) is 12.5. The van der Waals surface area contributed by atoms with Crippen LogP contribution in [0.4, 0.5) is 0 Å². The largest absolute Gasteiger partial charge is 0.391 e. The molecule has 0 bridgehead atoms. The van der Waals surface area contributed by atoms with Gasteiger partial charge in [0.25, 0.3) is 0 Å². The van der Waals surface area contributed by atoms with E-state index in [0.717, 1.165) is 44.7 Å². The number of piperidine rings is 1. The van der Waals surface area contributed by atoms with E-state index in [9.17, 15) is 5.11 Å². The zero-order chi connectivity index (χ0) is 14.2. The Balaban J connectivity index is 1.64. The molecule has 1 saturated heterocycles. The summed E-state index contributed by atoms with van der Waals surface area (Å²) < 4.78 is 5.38. The molecule has 112 valence electrons. The van der Waals surface area contributed by atoms with Crippen LogP contribution in [-0.2, 0) is 5.41 Å². The predicted octanol–water partition coefficient (Wildman–Crippen LogP) is 2.04. The van der Waals surface area contributed by atoms with E-state index in [1.165, 1.54) is 12.8 Å². The molecule has 0 amide bonds. The van der Waals surface area contributed by atoms with Crippen molar-refractivity contribution in [1.29, 1.82) is 0 Å². The first-order valence-corrected chi connectivity index (χ1v) is 7.81. The topological polar surface area (TPSA) is 62.4 Å². The molecule has 5 heteroatoms. The first-order chi connectivity index (χ1) is 9.58. The molecule has 3 rings (SSSR count). The summed E-state index contributed by atoms with van der Waals surface area (Å²) in [6, 6.07) is 0.359. The number of hydrogen-bond donors (Lipinski definition) is 1. The lowest BCUT2D eigenvalue weighted by molar-refractivity contribution is -0.00162. The minimum Gasteiger partial charge on any atom is -0.391 e. The minimum absolute atomic E-state index is 0.00260. The van der Waals surface area contributed by atoms with Crippen molar-refractivity contribution in [2.24, 2.45) is 0 Å². The molecule has 20 heavy (non-hydrogen) atoms. The van der Waals surface area contributed by atoms with Gasteiger partial charge in [-0.1, -0.05) is 24.9 Å². The number of aryl methyl sites for hydroxylation is 1. The van der Waals surface area contributed by atoms with Crippen molar-refractivity contribution < 1.29 is 9.63 Å². The van der Waals surface area contributed by atoms with Crippen LogP contribution in [0.15, 0.2) is 4.52 Å². The third kappa shape index (κ3) is 2.61. The van der Waals surface area contributed by atoms with Crippen LogP contribution < -0.4 is 0 Å². The summed E-state index contributed by atoms with van der Waals surface area (Å²) in [6.07, 6.45) is 6.43. The van der Waals surface area contributed by atoms with Crippen LogP contribution in [0.3, 0.4) is 0 Å². The van der Waals surface area contributed by atoms with E-state index >= 15 is 0 Å². The number of likely N-dealkylation sites (tertiary alicyclic amines) is 1. The van der Waals surface area contributed by atoms with Crippen molar-refractivity contribution in [3.05, 3.63) is 11.7 Å². The van der Waals surface area contributed by atoms with Crippen LogP contribution >= 0.6 is 0 Å². The average molecular weight is 279 g/mol. The third-order valence-electron chi connectivity index (χ3n) is 5.11. The quantitative estimate of drug-likeness (QED) is 0.897. The summed E-state index contributed by atoms with van der Waals surface area (Å²) in [7, 11) is 0. The van der Waals surface area contributed by atoms with Crippen molar-refractivity contribution in [3.8, 4) is 0 Å². The number of hydrogen-bond acceptors (Lipinski definition) is 5. The van der Waals surface area contributed by atoms with Crippen molar-refractivity contribution in [2.45, 2.75) is 69.9 Å². The molecule has 5 nitrogen and oxygen atoms in total. The maximum atomic E-state index is 10.2. The molecule has 2 heterocycles. The molecule has 1 aromatic heterocycles. The van der Waals surface area contributed by atoms with Gasteiger partial charge in [-0.2, -0.15) is 4.98 Å². The van der Waals surface area contributed by atoms with Gasteiger partial charge in [0.2, 0.25) is 5.89 Å². The lowest BCUT2D eigenvalue weighted by Gasteiger charge is -2.43. The fraction of sp³-hybridized carbons (Fsp3) is 0.867. The molecule has 0 radical (unpaired) electrons. The van der Waals surface area contributed by atoms with Gasteiger partial charge in [-0.25, -0.2) is 0 Å². The van der Waals surface area contributed by atoms with E-state index in [0.29, 0.717) is 11.9 Å². The summed E-state index contributed by atoms with van der Waals surface area (Å²) in [6.45, 7) is 6.11. The zero-order valence-electron chi connectivity index (χ0n) is 12.5. The van der Waals surface area contributed by atoms with E-state index < -0.39 is 0 Å². The molecule has 0 spiro atoms. The van der Waals surface area contributed by atoms with Gasteiger partial charge in [-0.3, -0.25) is 4.90 Å². The SMILES string of the molecule is Cc1noc(C2(C)CCN(C3CCCCC3O)CC2)n1. The minimum atomic E-state index is -0.140. The Bertz CT molecular complexity index is 452. The standard InChI is InChI=1S/C15H25N3O2/c1-11-16-14(20-17-11)15(2)7-9-18(10-8-15)12-5-3-4-6-13(12)19/h12-13,19H,3-10H2,1-2H3. The number of rotatable bonds is 2. The Morgan fingerprint density at radius 3 is 2.55 bits per heavy atom. The van der Waals surface area contributed by atoms with E-state index in [-0.39, 0.29) is 11.5 Å². The van der Waals surface area contributed by atoms with E-state index in [1.807, 2.05) is 6.92 Å². The fourth-order valence-corrected chi connectivity index (χ4v) is 3.62. The van der Waals surface area contributed by atoms with E-state index in [4.69, 9.17) is 4.52 Å². The van der Waals surface area contributed by atoms with Gasteiger partial charge < -0.3 is 9.63 Å². The monoisotopic (exact) mass is 279 g/mol. The summed E-state index contributed by atoms with van der Waals surface area (Å²) in [5, 5.41) is 14.1. The molecule has 1 aromatic rings. The lowest BCUT2D eigenvalue weighted by Crippen LogP contribution is -2.51. The maximum absolute atomic E-state index is 10.2. The van der Waals surface area contributed by atoms with Gasteiger partial charge in [0.05, 0.1) is 6.10 Å². The van der Waals surface area contributed by atoms with Crippen molar-refractivity contribution in [2.75, 3.05) is 13.1 Å². The highest BCUT2D eigenvalue weighted by atomic mass is 16.5. The van der Waals surface area contributed by atoms with Crippen LogP contribution in [0.5, 0.6) is 0 Å². The van der Waals surface area contributed by atoms with Crippen LogP contribution in [0.25, 0.3) is 0 Å². The molecule has 2 aliphatic rings. The summed E-state index contributed by atoms with van der Waals surface area (Å²) in [4.78, 5) is 6.88. The van der Waals surface area contributed by atoms with Gasteiger partial charge in [0.15, 0.2) is 5.82 Å². The molecule has 2 atom stereocenters. The molecular formula is C15H25N3O2. The van der Waals surface area contributed by atoms with Gasteiger partial charge in [-0.05, 0) is 45.7 Å². The molecule has 2 fully saturated rings. The smallest absolute Gasteiger partial charge is 0.232 e. The molecule has 1 N–H and O–H groups in total. The molecule has 1 aliphatic carbocycles. The molecule has 2 unspecified atom stereocenters. The lowest BCUT2D eigenvalue weighted by atomic mass is 9.79. The van der Waals surface area contributed by atoms with Crippen molar-refractivity contribution in [3.63, 3.8) is 0 Å². The molecule has 0 aromatic carbocycles. The van der Waals surface area contributed by atoms with Gasteiger partial charge in [-0.15, -0.1) is 0 Å². The van der Waals surface area contributed by atoms with Crippen LogP contribution in [0.2, 0.25) is 0 Å². The second-order valence-electron chi connectivity index (χ2n) is 6.66. The van der Waals surface area contributed by atoms with Crippen molar-refractivity contribution in [1.82, 2.24) is 15.0 Å². The average Bonchev–Trinajstić information content (AvgIpc) is 2.88. The second-order valence-corrected chi connectivity index (χ2v) is 6.66. The summed E-state index contributed by atoms with van der Waals surface area (Å²) in [5.41, 5.74) is -0.00260. The number of nitrogens with zero attached hydrogens (tertiary/aromatic N) is 3. The Morgan fingerprint density at radius 2 is 1.95 bits per heavy atom. The Hall–Kier alpha value is -0.940. The first-order valence-electron chi connectivity index (χ1n) is 7.81. The maximum Gasteiger partial charge on any atom is 0.232 e. The third-order valence-corrected chi connectivity index (χ3v) is 5.11. The van der Waals surface area contributed by atoms with Gasteiger partial charge in [0, 0.05) is 11.5 Å². The fourth-order valence-electron chi connectivity index (χ4n) is 3.62. The van der Waals surface area contributed by atoms with Crippen LogP contribution in [0.1, 0.15) is 57.2 Å². The number of aromatic nitrogens is 2. The number of aliphatic hydroxyl groups is 1. The van der Waals surface area contributed by atoms with Gasteiger partial charge >= 0.3 is 0 Å². The normalized spacial score (nSPS) is 31.4. The highest BCUT2D eigenvalue weighted by Crippen LogP contribution is 2.36. The van der Waals surface area contributed by atoms with Gasteiger partial charge in [0.1, 0.15) is 0 Å². The molecule has 1 aliphatic heterocycles. The molecule has 1 saturated carbocycles. The van der Waals surface area contributed by atoms with E-state index in [1.54, 1.807) is 0 Å². The van der Waals surface area contributed by atoms with E-state index in [2.05, 4.69) is 22.0 Å². The number of aliphatic hydroxyl groups excluding tert-OH is 1.